The summed E-state index contributed by atoms with van der Waals surface area (Å²) in [6, 6.07) is 0. The Morgan fingerprint density at radius 2 is 2.06 bits per heavy atom. The largest absolute Gasteiger partial charge is 0.470 e. The Morgan fingerprint density at radius 1 is 1.39 bits per heavy atom. The predicted molar refractivity (Wildman–Crippen MR) is 66.6 cm³/mol. The van der Waals surface area contributed by atoms with Crippen molar-refractivity contribution in [2.75, 3.05) is 18.5 Å². The van der Waals surface area contributed by atoms with Gasteiger partial charge in [0.15, 0.2) is 6.61 Å². The van der Waals surface area contributed by atoms with Crippen LogP contribution in [-0.4, -0.2) is 24.1 Å². The molecule has 3 nitrogen and oxygen atoms in total. The number of anilines is 1. The second kappa shape index (κ2) is 4.07. The Morgan fingerprint density at radius 3 is 2.67 bits per heavy atom. The fraction of sp³-hybridized carbons (Fsp3) is 0.615. The number of ether oxygens (including phenoxy) is 1. The minimum Gasteiger partial charge on any atom is -0.470 e. The van der Waals surface area contributed by atoms with Crippen LogP contribution in [-0.2, 0) is 5.41 Å². The summed E-state index contributed by atoms with van der Waals surface area (Å²) < 4.78 is 31.6. The van der Waals surface area contributed by atoms with E-state index in [1.54, 1.807) is 6.20 Å². The summed E-state index contributed by atoms with van der Waals surface area (Å²) in [6.45, 7) is 7.05. The van der Waals surface area contributed by atoms with Crippen LogP contribution in [0.25, 0.3) is 0 Å². The summed E-state index contributed by atoms with van der Waals surface area (Å²) in [4.78, 5) is 4.15. The van der Waals surface area contributed by atoms with Gasteiger partial charge in [-0.05, 0) is 23.5 Å². The van der Waals surface area contributed by atoms with Crippen LogP contribution in [0.1, 0.15) is 31.9 Å². The SMILES string of the molecule is Cc1c(C(C)(C)C)cnc2c1NCC(F)(F)CO2. The number of aromatic nitrogens is 1. The molecular weight excluding hydrogens is 238 g/mol. The number of fused-ring (bicyclic) bond motifs is 1. The van der Waals surface area contributed by atoms with Gasteiger partial charge in [-0.25, -0.2) is 13.8 Å². The summed E-state index contributed by atoms with van der Waals surface area (Å²) in [6.07, 6.45) is 1.71. The molecule has 0 fully saturated rings. The van der Waals surface area contributed by atoms with E-state index < -0.39 is 19.1 Å². The van der Waals surface area contributed by atoms with E-state index in [2.05, 4.69) is 31.1 Å². The van der Waals surface area contributed by atoms with E-state index in [1.807, 2.05) is 6.92 Å². The second-order valence-corrected chi connectivity index (χ2v) is 5.73. The molecule has 1 aromatic heterocycles. The topological polar surface area (TPSA) is 34.2 Å². The van der Waals surface area contributed by atoms with Gasteiger partial charge in [0.1, 0.15) is 5.69 Å². The lowest BCUT2D eigenvalue weighted by atomic mass is 9.85. The molecule has 2 rings (SSSR count). The van der Waals surface area contributed by atoms with Gasteiger partial charge >= 0.3 is 0 Å². The van der Waals surface area contributed by atoms with Crippen LogP contribution in [0.2, 0.25) is 0 Å². The fourth-order valence-electron chi connectivity index (χ4n) is 2.10. The Labute approximate surface area is 106 Å². The lowest BCUT2D eigenvalue weighted by molar-refractivity contribution is -0.0258. The maximum atomic E-state index is 13.3. The molecule has 0 saturated carbocycles. The molecule has 18 heavy (non-hydrogen) atoms. The van der Waals surface area contributed by atoms with E-state index in [1.165, 1.54) is 0 Å². The van der Waals surface area contributed by atoms with Crippen molar-refractivity contribution in [2.45, 2.75) is 39.0 Å². The van der Waals surface area contributed by atoms with Gasteiger partial charge in [0.25, 0.3) is 5.92 Å². The molecule has 0 aliphatic carbocycles. The summed E-state index contributed by atoms with van der Waals surface area (Å²) in [5.74, 6) is -2.60. The molecule has 0 spiro atoms. The van der Waals surface area contributed by atoms with Crippen LogP contribution < -0.4 is 10.1 Å². The molecule has 0 radical (unpaired) electrons. The summed E-state index contributed by atoms with van der Waals surface area (Å²) in [5, 5.41) is 2.76. The molecule has 100 valence electrons. The third-order valence-electron chi connectivity index (χ3n) is 3.06. The third-order valence-corrected chi connectivity index (χ3v) is 3.06. The Balaban J connectivity index is 2.45. The maximum Gasteiger partial charge on any atom is 0.298 e. The minimum absolute atomic E-state index is 0.0807. The highest BCUT2D eigenvalue weighted by Gasteiger charge is 2.34. The van der Waals surface area contributed by atoms with Crippen molar-refractivity contribution in [1.82, 2.24) is 4.98 Å². The molecule has 0 aromatic carbocycles. The molecule has 2 heterocycles. The van der Waals surface area contributed by atoms with Gasteiger partial charge < -0.3 is 10.1 Å². The predicted octanol–water partition coefficient (Wildman–Crippen LogP) is 3.13. The Hall–Kier alpha value is -1.39. The number of hydrogen-bond donors (Lipinski definition) is 1. The van der Waals surface area contributed by atoms with Gasteiger partial charge in [-0.1, -0.05) is 20.8 Å². The van der Waals surface area contributed by atoms with Gasteiger partial charge in [0.2, 0.25) is 5.88 Å². The molecule has 0 saturated heterocycles. The molecule has 5 heteroatoms. The van der Waals surface area contributed by atoms with Gasteiger partial charge in [-0.15, -0.1) is 0 Å². The first-order valence-corrected chi connectivity index (χ1v) is 5.95. The number of pyridine rings is 1. The van der Waals surface area contributed by atoms with E-state index in [4.69, 9.17) is 4.74 Å². The first kappa shape index (κ1) is 13.1. The molecule has 1 aliphatic heterocycles. The molecule has 1 aromatic rings. The normalized spacial score (nSPS) is 18.3. The van der Waals surface area contributed by atoms with Crippen LogP contribution in [0.3, 0.4) is 0 Å². The highest BCUT2D eigenvalue weighted by molar-refractivity contribution is 5.62. The molecule has 0 bridgehead atoms. The first-order chi connectivity index (χ1) is 8.21. The van der Waals surface area contributed by atoms with Gasteiger partial charge in [-0.3, -0.25) is 0 Å². The van der Waals surface area contributed by atoms with Crippen LogP contribution in [0, 0.1) is 6.92 Å². The van der Waals surface area contributed by atoms with Crippen molar-refractivity contribution in [3.8, 4) is 5.88 Å². The zero-order chi connectivity index (χ0) is 13.6. The van der Waals surface area contributed by atoms with E-state index in [9.17, 15) is 8.78 Å². The molecule has 1 N–H and O–H groups in total. The summed E-state index contributed by atoms with van der Waals surface area (Å²) >= 11 is 0. The zero-order valence-electron chi connectivity index (χ0n) is 11.1. The second-order valence-electron chi connectivity index (χ2n) is 5.73. The lowest BCUT2D eigenvalue weighted by Gasteiger charge is -2.23. The van der Waals surface area contributed by atoms with Gasteiger partial charge in [0, 0.05) is 6.20 Å². The van der Waals surface area contributed by atoms with Crippen molar-refractivity contribution in [3.05, 3.63) is 17.3 Å². The molecule has 0 atom stereocenters. The van der Waals surface area contributed by atoms with Crippen LogP contribution in [0.4, 0.5) is 14.5 Å². The van der Waals surface area contributed by atoms with E-state index in [-0.39, 0.29) is 11.3 Å². The third kappa shape index (κ3) is 2.40. The van der Waals surface area contributed by atoms with Gasteiger partial charge in [0.05, 0.1) is 6.54 Å². The van der Waals surface area contributed by atoms with Crippen molar-refractivity contribution in [2.24, 2.45) is 0 Å². The minimum atomic E-state index is -2.87. The monoisotopic (exact) mass is 256 g/mol. The standard InChI is InChI=1S/C13H18F2N2O/c1-8-9(12(2,3)4)5-16-11-10(8)17-6-13(14,15)7-18-11/h5,17H,6-7H2,1-4H3. The number of halogens is 2. The highest BCUT2D eigenvalue weighted by Crippen LogP contribution is 2.36. The van der Waals surface area contributed by atoms with Crippen LogP contribution in [0.5, 0.6) is 5.88 Å². The van der Waals surface area contributed by atoms with Crippen LogP contribution in [0.15, 0.2) is 6.20 Å². The van der Waals surface area contributed by atoms with E-state index in [0.717, 1.165) is 11.1 Å². The zero-order valence-corrected chi connectivity index (χ0v) is 11.1. The molecular formula is C13H18F2N2O. The number of rotatable bonds is 0. The number of alkyl halides is 2. The lowest BCUT2D eigenvalue weighted by Crippen LogP contribution is -2.31. The first-order valence-electron chi connectivity index (χ1n) is 5.95. The van der Waals surface area contributed by atoms with E-state index >= 15 is 0 Å². The summed E-state index contributed by atoms with van der Waals surface area (Å²) in [5.41, 5.74) is 2.45. The van der Waals surface area contributed by atoms with Crippen molar-refractivity contribution in [3.63, 3.8) is 0 Å². The Bertz CT molecular complexity index is 467. The highest BCUT2D eigenvalue weighted by atomic mass is 19.3. The summed E-state index contributed by atoms with van der Waals surface area (Å²) in [7, 11) is 0. The smallest absolute Gasteiger partial charge is 0.298 e. The molecule has 0 amide bonds. The quantitative estimate of drug-likeness (QED) is 0.774. The van der Waals surface area contributed by atoms with E-state index in [0.29, 0.717) is 5.69 Å². The van der Waals surface area contributed by atoms with Crippen LogP contribution >= 0.6 is 0 Å². The van der Waals surface area contributed by atoms with Crippen molar-refractivity contribution in [1.29, 1.82) is 0 Å². The molecule has 0 unspecified atom stereocenters. The number of hydrogen-bond acceptors (Lipinski definition) is 3. The fourth-order valence-corrected chi connectivity index (χ4v) is 2.10. The Kier molecular flexibility index (Phi) is 2.95. The average Bonchev–Trinajstić information content (AvgIpc) is 2.37. The number of nitrogens with one attached hydrogen (secondary N) is 1. The maximum absolute atomic E-state index is 13.3. The number of nitrogens with zero attached hydrogens (tertiary/aromatic N) is 1. The average molecular weight is 256 g/mol. The van der Waals surface area contributed by atoms with Gasteiger partial charge in [-0.2, -0.15) is 0 Å². The van der Waals surface area contributed by atoms with Crippen molar-refractivity contribution >= 4 is 5.69 Å². The van der Waals surface area contributed by atoms with Crippen molar-refractivity contribution < 1.29 is 13.5 Å². The molecule has 1 aliphatic rings.